The summed E-state index contributed by atoms with van der Waals surface area (Å²) in [6, 6.07) is 12.6. The Labute approximate surface area is 127 Å². The van der Waals surface area contributed by atoms with Crippen LogP contribution in [0.4, 0.5) is 15.8 Å². The van der Waals surface area contributed by atoms with Crippen LogP contribution in [0.15, 0.2) is 48.5 Å². The van der Waals surface area contributed by atoms with E-state index in [1.54, 1.807) is 6.92 Å². The van der Waals surface area contributed by atoms with Crippen LogP contribution in [0.2, 0.25) is 0 Å². The van der Waals surface area contributed by atoms with Gasteiger partial charge in [-0.05, 0) is 25.0 Å². The van der Waals surface area contributed by atoms with Gasteiger partial charge in [0.15, 0.2) is 5.82 Å². The molecule has 0 bridgehead atoms. The first-order valence-electron chi connectivity index (χ1n) is 6.86. The highest BCUT2D eigenvalue weighted by Gasteiger charge is 2.22. The van der Waals surface area contributed by atoms with Crippen LogP contribution in [0.3, 0.4) is 0 Å². The molecule has 0 radical (unpaired) electrons. The number of rotatable bonds is 6. The molecule has 2 aromatic rings. The molecule has 1 atom stereocenters. The molecule has 0 spiro atoms. The summed E-state index contributed by atoms with van der Waals surface area (Å²) >= 11 is 0. The predicted molar refractivity (Wildman–Crippen MR) is 82.2 cm³/mol. The molecular formula is C16H17FN2O3. The standard InChI is InChI=1S/C16H17FN2O3/c1-16(20,12-5-3-2-4-6-12)9-10-18-15-8-7-13(19(21)22)11-14(15)17/h2-8,11,18,20H,9-10H2,1H3. The normalized spacial score (nSPS) is 13.4. The van der Waals surface area contributed by atoms with Crippen LogP contribution in [0.25, 0.3) is 0 Å². The predicted octanol–water partition coefficient (Wildman–Crippen LogP) is 3.44. The lowest BCUT2D eigenvalue weighted by atomic mass is 9.92. The summed E-state index contributed by atoms with van der Waals surface area (Å²) in [6.07, 6.45) is 0.368. The SMILES string of the molecule is CC(O)(CCNc1ccc([N+](=O)[O-])cc1F)c1ccccc1. The third kappa shape index (κ3) is 3.79. The lowest BCUT2D eigenvalue weighted by Crippen LogP contribution is -2.24. The number of hydrogen-bond acceptors (Lipinski definition) is 4. The third-order valence-electron chi connectivity index (χ3n) is 3.49. The fourth-order valence-electron chi connectivity index (χ4n) is 2.14. The maximum absolute atomic E-state index is 13.7. The topological polar surface area (TPSA) is 75.4 Å². The number of nitro benzene ring substituents is 1. The van der Waals surface area contributed by atoms with Crippen LogP contribution >= 0.6 is 0 Å². The largest absolute Gasteiger partial charge is 0.385 e. The van der Waals surface area contributed by atoms with E-state index in [9.17, 15) is 19.6 Å². The molecule has 0 aliphatic heterocycles. The smallest absolute Gasteiger partial charge is 0.272 e. The third-order valence-corrected chi connectivity index (χ3v) is 3.49. The van der Waals surface area contributed by atoms with Crippen LogP contribution in [0.1, 0.15) is 18.9 Å². The summed E-state index contributed by atoms with van der Waals surface area (Å²) in [7, 11) is 0. The maximum atomic E-state index is 13.7. The van der Waals surface area contributed by atoms with Crippen molar-refractivity contribution in [3.63, 3.8) is 0 Å². The molecule has 1 unspecified atom stereocenters. The molecule has 6 heteroatoms. The van der Waals surface area contributed by atoms with E-state index in [4.69, 9.17) is 0 Å². The molecule has 0 heterocycles. The molecule has 0 aliphatic carbocycles. The first kappa shape index (κ1) is 15.9. The monoisotopic (exact) mass is 304 g/mol. The molecule has 0 saturated carbocycles. The van der Waals surface area contributed by atoms with Crippen molar-refractivity contribution in [2.45, 2.75) is 18.9 Å². The van der Waals surface area contributed by atoms with Gasteiger partial charge in [0.05, 0.1) is 22.3 Å². The summed E-state index contributed by atoms with van der Waals surface area (Å²) < 4.78 is 13.7. The second kappa shape index (κ2) is 6.53. The molecule has 2 aromatic carbocycles. The number of hydrogen-bond donors (Lipinski definition) is 2. The van der Waals surface area contributed by atoms with Crippen molar-refractivity contribution in [1.29, 1.82) is 0 Å². The van der Waals surface area contributed by atoms with Crippen molar-refractivity contribution in [3.8, 4) is 0 Å². The number of benzene rings is 2. The van der Waals surface area contributed by atoms with E-state index < -0.39 is 16.3 Å². The van der Waals surface area contributed by atoms with Gasteiger partial charge in [-0.25, -0.2) is 4.39 Å². The van der Waals surface area contributed by atoms with Gasteiger partial charge in [0.25, 0.3) is 5.69 Å². The Morgan fingerprint density at radius 3 is 2.55 bits per heavy atom. The van der Waals surface area contributed by atoms with Gasteiger partial charge in [-0.2, -0.15) is 0 Å². The van der Waals surface area contributed by atoms with Crippen molar-refractivity contribution < 1.29 is 14.4 Å². The van der Waals surface area contributed by atoms with E-state index in [-0.39, 0.29) is 11.4 Å². The molecular weight excluding hydrogens is 287 g/mol. The van der Waals surface area contributed by atoms with Gasteiger partial charge < -0.3 is 10.4 Å². The Balaban J connectivity index is 1.98. The molecule has 0 saturated heterocycles. The first-order valence-corrected chi connectivity index (χ1v) is 6.86. The Morgan fingerprint density at radius 1 is 1.27 bits per heavy atom. The van der Waals surface area contributed by atoms with Crippen LogP contribution in [-0.4, -0.2) is 16.6 Å². The van der Waals surface area contributed by atoms with E-state index in [1.807, 2.05) is 30.3 Å². The van der Waals surface area contributed by atoms with Crippen LogP contribution < -0.4 is 5.32 Å². The Hall–Kier alpha value is -2.47. The summed E-state index contributed by atoms with van der Waals surface area (Å²) in [4.78, 5) is 9.91. The van der Waals surface area contributed by atoms with E-state index in [1.165, 1.54) is 12.1 Å². The second-order valence-electron chi connectivity index (χ2n) is 5.24. The van der Waals surface area contributed by atoms with Crippen LogP contribution in [0, 0.1) is 15.9 Å². The van der Waals surface area contributed by atoms with Crippen molar-refractivity contribution in [3.05, 3.63) is 70.0 Å². The van der Waals surface area contributed by atoms with Crippen LogP contribution in [-0.2, 0) is 5.60 Å². The van der Waals surface area contributed by atoms with Crippen molar-refractivity contribution >= 4 is 11.4 Å². The van der Waals surface area contributed by atoms with Crippen molar-refractivity contribution in [2.75, 3.05) is 11.9 Å². The minimum Gasteiger partial charge on any atom is -0.385 e. The maximum Gasteiger partial charge on any atom is 0.272 e. The molecule has 0 aromatic heterocycles. The molecule has 0 aliphatic rings. The zero-order valence-corrected chi connectivity index (χ0v) is 12.1. The average molecular weight is 304 g/mol. The highest BCUT2D eigenvalue weighted by Crippen LogP contribution is 2.25. The average Bonchev–Trinajstić information content (AvgIpc) is 2.49. The molecule has 0 fully saturated rings. The van der Waals surface area contributed by atoms with E-state index in [2.05, 4.69) is 5.32 Å². The van der Waals surface area contributed by atoms with Crippen molar-refractivity contribution in [1.82, 2.24) is 0 Å². The Morgan fingerprint density at radius 2 is 1.95 bits per heavy atom. The summed E-state index contributed by atoms with van der Waals surface area (Å²) in [5, 5.41) is 23.8. The van der Waals surface area contributed by atoms with Gasteiger partial charge in [0.2, 0.25) is 0 Å². The highest BCUT2D eigenvalue weighted by molar-refractivity contribution is 5.50. The van der Waals surface area contributed by atoms with E-state index in [0.29, 0.717) is 13.0 Å². The van der Waals surface area contributed by atoms with Crippen LogP contribution in [0.5, 0.6) is 0 Å². The van der Waals surface area contributed by atoms with Gasteiger partial charge in [-0.15, -0.1) is 0 Å². The lowest BCUT2D eigenvalue weighted by Gasteiger charge is -2.24. The molecule has 116 valence electrons. The zero-order valence-electron chi connectivity index (χ0n) is 12.1. The number of anilines is 1. The minimum absolute atomic E-state index is 0.175. The number of non-ortho nitro benzene ring substituents is 1. The fraction of sp³-hybridized carbons (Fsp3) is 0.250. The number of nitro groups is 1. The van der Waals surface area contributed by atoms with Crippen molar-refractivity contribution in [2.24, 2.45) is 0 Å². The molecule has 5 nitrogen and oxygen atoms in total. The molecule has 22 heavy (non-hydrogen) atoms. The number of aliphatic hydroxyl groups is 1. The summed E-state index contributed by atoms with van der Waals surface area (Å²) in [6.45, 7) is 2.02. The van der Waals surface area contributed by atoms with E-state index >= 15 is 0 Å². The number of nitrogens with zero attached hydrogens (tertiary/aromatic N) is 1. The van der Waals surface area contributed by atoms with Gasteiger partial charge >= 0.3 is 0 Å². The zero-order chi connectivity index (χ0) is 16.2. The Bertz CT molecular complexity index is 660. The molecule has 2 rings (SSSR count). The number of nitrogens with one attached hydrogen (secondary N) is 1. The van der Waals surface area contributed by atoms with Gasteiger partial charge in [-0.3, -0.25) is 10.1 Å². The van der Waals surface area contributed by atoms with Gasteiger partial charge in [0.1, 0.15) is 0 Å². The molecule has 2 N–H and O–H groups in total. The fourth-order valence-corrected chi connectivity index (χ4v) is 2.14. The van der Waals surface area contributed by atoms with Gasteiger partial charge in [-0.1, -0.05) is 30.3 Å². The minimum atomic E-state index is -1.04. The first-order chi connectivity index (χ1) is 10.4. The quantitative estimate of drug-likeness (QED) is 0.633. The summed E-state index contributed by atoms with van der Waals surface area (Å²) in [5.41, 5.74) is -0.374. The molecule has 0 amide bonds. The summed E-state index contributed by atoms with van der Waals surface area (Å²) in [5.74, 6) is -0.687. The van der Waals surface area contributed by atoms with Gasteiger partial charge in [0, 0.05) is 12.6 Å². The lowest BCUT2D eigenvalue weighted by molar-refractivity contribution is -0.385. The van der Waals surface area contributed by atoms with E-state index in [0.717, 1.165) is 11.6 Å². The Kier molecular flexibility index (Phi) is 4.72. The number of halogens is 1. The highest BCUT2D eigenvalue weighted by atomic mass is 19.1. The second-order valence-corrected chi connectivity index (χ2v) is 5.24.